The lowest BCUT2D eigenvalue weighted by Crippen LogP contribution is -2.36. The minimum Gasteiger partial charge on any atom is -0.297 e. The predicted molar refractivity (Wildman–Crippen MR) is 117 cm³/mol. The largest absolute Gasteiger partial charge is 0.297 e. The summed E-state index contributed by atoms with van der Waals surface area (Å²) in [6, 6.07) is 25.9. The molecule has 0 N–H and O–H groups in total. The third kappa shape index (κ3) is 3.46. The molecule has 0 radical (unpaired) electrons. The van der Waals surface area contributed by atoms with Crippen molar-refractivity contribution in [3.63, 3.8) is 0 Å². The zero-order valence-corrected chi connectivity index (χ0v) is 16.8. The van der Waals surface area contributed by atoms with Crippen LogP contribution in [0.5, 0.6) is 0 Å². The number of nitrogens with zero attached hydrogens (tertiary/aromatic N) is 5. The fourth-order valence-electron chi connectivity index (χ4n) is 4.01. The monoisotopic (exact) mass is 397 g/mol. The maximum Gasteiger partial charge on any atom is 0.245 e. The number of aryl methyl sites for hydroxylation is 1. The highest BCUT2D eigenvalue weighted by Crippen LogP contribution is 2.26. The van der Waals surface area contributed by atoms with Crippen molar-refractivity contribution >= 4 is 22.6 Å². The van der Waals surface area contributed by atoms with Gasteiger partial charge >= 0.3 is 0 Å². The van der Waals surface area contributed by atoms with Crippen molar-refractivity contribution in [3.8, 4) is 0 Å². The second kappa shape index (κ2) is 7.72. The number of rotatable bonds is 5. The van der Waals surface area contributed by atoms with Gasteiger partial charge in [-0.25, -0.2) is 4.68 Å². The van der Waals surface area contributed by atoms with E-state index in [1.165, 1.54) is 5.56 Å². The number of aromatic nitrogens is 3. The number of fused-ring (bicyclic) bond motifs is 1. The van der Waals surface area contributed by atoms with E-state index in [1.54, 1.807) is 0 Å². The van der Waals surface area contributed by atoms with Crippen molar-refractivity contribution < 1.29 is 4.79 Å². The molecule has 6 nitrogen and oxygen atoms in total. The SMILES string of the molecule is Cc1ccc(N2CN(Cn3nnc4ccccc43)[C@@H](Cc3ccccc3)C2=O)cc1. The van der Waals surface area contributed by atoms with Crippen LogP contribution < -0.4 is 4.90 Å². The summed E-state index contributed by atoms with van der Waals surface area (Å²) >= 11 is 0. The Morgan fingerprint density at radius 2 is 1.67 bits per heavy atom. The van der Waals surface area contributed by atoms with Crippen molar-refractivity contribution in [3.05, 3.63) is 90.0 Å². The number of carbonyl (C=O) groups excluding carboxylic acids is 1. The zero-order chi connectivity index (χ0) is 20.5. The first-order valence-corrected chi connectivity index (χ1v) is 10.1. The van der Waals surface area contributed by atoms with Crippen LogP contribution in [-0.2, 0) is 17.9 Å². The molecule has 5 rings (SSSR count). The highest BCUT2D eigenvalue weighted by molar-refractivity contribution is 5.99. The molecule has 0 aliphatic carbocycles. The van der Waals surface area contributed by atoms with Gasteiger partial charge in [0.1, 0.15) is 5.52 Å². The molecule has 4 aromatic rings. The Kier molecular flexibility index (Phi) is 4.77. The molecule has 1 aliphatic heterocycles. The van der Waals surface area contributed by atoms with Gasteiger partial charge in [-0.2, -0.15) is 0 Å². The van der Waals surface area contributed by atoms with Gasteiger partial charge in [-0.05, 0) is 43.2 Å². The second-order valence-electron chi connectivity index (χ2n) is 7.76. The van der Waals surface area contributed by atoms with Crippen molar-refractivity contribution in [2.45, 2.75) is 26.1 Å². The zero-order valence-electron chi connectivity index (χ0n) is 16.8. The van der Waals surface area contributed by atoms with E-state index in [0.29, 0.717) is 19.8 Å². The number of anilines is 1. The van der Waals surface area contributed by atoms with E-state index in [4.69, 9.17) is 0 Å². The average molecular weight is 397 g/mol. The Labute approximate surface area is 175 Å². The van der Waals surface area contributed by atoms with E-state index in [0.717, 1.165) is 22.3 Å². The molecule has 1 amide bonds. The molecular weight excluding hydrogens is 374 g/mol. The molecule has 0 bridgehead atoms. The molecule has 150 valence electrons. The molecule has 0 spiro atoms. The van der Waals surface area contributed by atoms with E-state index in [2.05, 4.69) is 34.3 Å². The summed E-state index contributed by atoms with van der Waals surface area (Å²) in [5.41, 5.74) is 5.08. The van der Waals surface area contributed by atoms with Crippen LogP contribution in [0.25, 0.3) is 11.0 Å². The Bertz CT molecular complexity index is 1170. The molecule has 0 unspecified atom stereocenters. The Balaban J connectivity index is 1.47. The van der Waals surface area contributed by atoms with Crippen molar-refractivity contribution in [2.24, 2.45) is 0 Å². The van der Waals surface area contributed by atoms with E-state index >= 15 is 0 Å². The average Bonchev–Trinajstić information content (AvgIpc) is 3.32. The van der Waals surface area contributed by atoms with Gasteiger partial charge in [0.25, 0.3) is 0 Å². The van der Waals surface area contributed by atoms with E-state index < -0.39 is 0 Å². The van der Waals surface area contributed by atoms with E-state index in [1.807, 2.05) is 76.3 Å². The standard InChI is InChI=1S/C24H23N5O/c1-18-11-13-20(14-12-18)28-16-27(17-29-22-10-6-5-9-21(22)25-26-29)23(24(28)30)15-19-7-3-2-4-8-19/h2-14,23H,15-17H2,1H3/t23-/m0/s1. The Morgan fingerprint density at radius 3 is 2.47 bits per heavy atom. The summed E-state index contributed by atoms with van der Waals surface area (Å²) in [6.45, 7) is 3.08. The molecule has 1 atom stereocenters. The quantitative estimate of drug-likeness (QED) is 0.516. The van der Waals surface area contributed by atoms with E-state index in [-0.39, 0.29) is 11.9 Å². The van der Waals surface area contributed by atoms with Crippen LogP contribution in [0.4, 0.5) is 5.69 Å². The molecule has 6 heteroatoms. The van der Waals surface area contributed by atoms with Crippen molar-refractivity contribution in [1.29, 1.82) is 0 Å². The number of carbonyl (C=O) groups is 1. The number of hydrogen-bond acceptors (Lipinski definition) is 4. The van der Waals surface area contributed by atoms with Gasteiger partial charge in [-0.1, -0.05) is 65.4 Å². The van der Waals surface area contributed by atoms with Gasteiger partial charge in [0.05, 0.1) is 24.9 Å². The minimum absolute atomic E-state index is 0.118. The third-order valence-corrected chi connectivity index (χ3v) is 5.67. The first-order chi connectivity index (χ1) is 14.7. The number of amides is 1. The fourth-order valence-corrected chi connectivity index (χ4v) is 4.01. The molecule has 1 aromatic heterocycles. The van der Waals surface area contributed by atoms with Crippen LogP contribution in [0.3, 0.4) is 0 Å². The first kappa shape index (κ1) is 18.5. The van der Waals surface area contributed by atoms with E-state index in [9.17, 15) is 4.79 Å². The second-order valence-corrected chi connectivity index (χ2v) is 7.76. The highest BCUT2D eigenvalue weighted by Gasteiger charge is 2.39. The summed E-state index contributed by atoms with van der Waals surface area (Å²) in [5.74, 6) is 0.118. The van der Waals surface area contributed by atoms with Crippen LogP contribution in [0.1, 0.15) is 11.1 Å². The first-order valence-electron chi connectivity index (χ1n) is 10.1. The summed E-state index contributed by atoms with van der Waals surface area (Å²) in [7, 11) is 0. The Morgan fingerprint density at radius 1 is 0.933 bits per heavy atom. The maximum atomic E-state index is 13.4. The summed E-state index contributed by atoms with van der Waals surface area (Å²) in [5, 5.41) is 8.59. The molecule has 1 fully saturated rings. The van der Waals surface area contributed by atoms with Crippen LogP contribution in [-0.4, -0.2) is 38.5 Å². The molecule has 1 saturated heterocycles. The number of para-hydroxylation sites is 1. The summed E-state index contributed by atoms with van der Waals surface area (Å²) in [6.07, 6.45) is 0.661. The lowest BCUT2D eigenvalue weighted by Gasteiger charge is -2.21. The lowest BCUT2D eigenvalue weighted by molar-refractivity contribution is -0.120. The van der Waals surface area contributed by atoms with Gasteiger partial charge in [-0.3, -0.25) is 14.6 Å². The molecule has 30 heavy (non-hydrogen) atoms. The topological polar surface area (TPSA) is 54.3 Å². The fraction of sp³-hybridized carbons (Fsp3) is 0.208. The van der Waals surface area contributed by atoms with Crippen LogP contribution >= 0.6 is 0 Å². The number of hydrogen-bond donors (Lipinski definition) is 0. The smallest absolute Gasteiger partial charge is 0.245 e. The van der Waals surface area contributed by atoms with Gasteiger partial charge < -0.3 is 0 Å². The lowest BCUT2D eigenvalue weighted by atomic mass is 10.1. The van der Waals surface area contributed by atoms with Crippen molar-refractivity contribution in [2.75, 3.05) is 11.6 Å². The Hall–Kier alpha value is -3.51. The summed E-state index contributed by atoms with van der Waals surface area (Å²) < 4.78 is 1.87. The van der Waals surface area contributed by atoms with Gasteiger partial charge in [0, 0.05) is 5.69 Å². The third-order valence-electron chi connectivity index (χ3n) is 5.67. The molecule has 2 heterocycles. The normalized spacial score (nSPS) is 17.2. The minimum atomic E-state index is -0.253. The van der Waals surface area contributed by atoms with Crippen LogP contribution in [0.15, 0.2) is 78.9 Å². The van der Waals surface area contributed by atoms with Gasteiger partial charge in [0.15, 0.2) is 0 Å². The molecule has 3 aromatic carbocycles. The molecule has 0 saturated carbocycles. The number of benzene rings is 3. The van der Waals surface area contributed by atoms with Gasteiger partial charge in [0.2, 0.25) is 5.91 Å². The molecular formula is C24H23N5O. The predicted octanol–water partition coefficient (Wildman–Crippen LogP) is 3.61. The molecule has 1 aliphatic rings. The van der Waals surface area contributed by atoms with Crippen LogP contribution in [0, 0.1) is 6.92 Å². The summed E-state index contributed by atoms with van der Waals surface area (Å²) in [4.78, 5) is 17.5. The maximum absolute atomic E-state index is 13.4. The van der Waals surface area contributed by atoms with Crippen LogP contribution in [0.2, 0.25) is 0 Å². The highest BCUT2D eigenvalue weighted by atomic mass is 16.2. The van der Waals surface area contributed by atoms with Crippen molar-refractivity contribution in [1.82, 2.24) is 19.9 Å². The van der Waals surface area contributed by atoms with Gasteiger partial charge in [-0.15, -0.1) is 5.10 Å².